The van der Waals surface area contributed by atoms with E-state index in [4.69, 9.17) is 15.4 Å². The number of carboxylic acid groups (broad SMARTS) is 1. The van der Waals surface area contributed by atoms with Crippen LogP contribution < -0.4 is 5.48 Å². The summed E-state index contributed by atoms with van der Waals surface area (Å²) < 4.78 is 14.3. The normalized spacial score (nSPS) is 22.5. The highest BCUT2D eigenvalue weighted by Crippen LogP contribution is 2.18. The first-order valence-corrected chi connectivity index (χ1v) is 5.52. The number of guanidine groups is 1. The predicted octanol–water partition coefficient (Wildman–Crippen LogP) is -0.627. The quantitative estimate of drug-likeness (QED) is 0.223. The number of aliphatic carboxylic acids is 1. The van der Waals surface area contributed by atoms with Crippen LogP contribution in [0.3, 0.4) is 0 Å². The number of nitrogens with zero attached hydrogens (tertiary/aromatic N) is 1. The molecule has 0 aromatic carbocycles. The fourth-order valence-corrected chi connectivity index (χ4v) is 1.63. The monoisotopic (exact) mass is 237 g/mol. The summed E-state index contributed by atoms with van der Waals surface area (Å²) in [4.78, 5) is 20.4. The van der Waals surface area contributed by atoms with Gasteiger partial charge in [0.25, 0.3) is 0 Å². The number of hydrogen-bond acceptors (Lipinski definition) is 4. The Bertz CT molecular complexity index is 296. The molecule has 0 spiro atoms. The minimum Gasteiger partial charge on any atom is -0.480 e. The molecule has 1 heterocycles. The minimum absolute atomic E-state index is 0.313. The molecule has 86 valence electrons. The van der Waals surface area contributed by atoms with Gasteiger partial charge in [0.15, 0.2) is 0 Å². The van der Waals surface area contributed by atoms with Crippen LogP contribution in [0.2, 0.25) is 0 Å². The predicted molar refractivity (Wildman–Crippen MR) is 50.5 cm³/mol. The zero-order valence-electron chi connectivity index (χ0n) is 7.77. The Morgan fingerprint density at radius 2 is 2.33 bits per heavy atom. The molecule has 0 bridgehead atoms. The Kier molecular flexibility index (Phi) is 4.07. The largest absolute Gasteiger partial charge is 0.480 e. The highest BCUT2D eigenvalue weighted by Gasteiger charge is 2.32. The molecule has 1 saturated heterocycles. The Morgan fingerprint density at radius 1 is 1.67 bits per heavy atom. The van der Waals surface area contributed by atoms with Gasteiger partial charge in [-0.25, -0.2) is 10.3 Å². The molecule has 4 N–H and O–H groups in total. The van der Waals surface area contributed by atoms with Crippen LogP contribution in [0.25, 0.3) is 0 Å². The minimum atomic E-state index is -3.17. The Labute approximate surface area is 86.2 Å². The van der Waals surface area contributed by atoms with Crippen molar-refractivity contribution in [2.24, 2.45) is 0 Å². The van der Waals surface area contributed by atoms with Crippen LogP contribution in [0.15, 0.2) is 0 Å². The SMILES string of the molecule is N=C(NO[PH](=O)O)N1CCCC1C(=O)O. The smallest absolute Gasteiger partial charge is 0.337 e. The van der Waals surface area contributed by atoms with Crippen molar-refractivity contribution in [1.29, 1.82) is 5.41 Å². The van der Waals surface area contributed by atoms with Gasteiger partial charge < -0.3 is 14.9 Å². The topological polar surface area (TPSA) is 123 Å². The molecule has 0 aromatic heterocycles. The van der Waals surface area contributed by atoms with Crippen LogP contribution in [0, 0.1) is 5.41 Å². The maximum atomic E-state index is 10.7. The van der Waals surface area contributed by atoms with Gasteiger partial charge in [-0.05, 0) is 12.8 Å². The maximum absolute atomic E-state index is 10.7. The lowest BCUT2D eigenvalue weighted by Gasteiger charge is -2.23. The van der Waals surface area contributed by atoms with Gasteiger partial charge >= 0.3 is 14.2 Å². The summed E-state index contributed by atoms with van der Waals surface area (Å²) >= 11 is 0. The fraction of sp³-hybridized carbons (Fsp3) is 0.667. The number of hydrogen-bond donors (Lipinski definition) is 4. The van der Waals surface area contributed by atoms with Crippen molar-refractivity contribution in [1.82, 2.24) is 10.4 Å². The van der Waals surface area contributed by atoms with Crippen molar-refractivity contribution >= 4 is 20.2 Å². The van der Waals surface area contributed by atoms with Crippen LogP contribution in [0.4, 0.5) is 0 Å². The Morgan fingerprint density at radius 3 is 2.87 bits per heavy atom. The van der Waals surface area contributed by atoms with E-state index >= 15 is 0 Å². The Hall–Kier alpha value is -1.11. The number of carbonyl (C=O) groups is 1. The highest BCUT2D eigenvalue weighted by atomic mass is 31.1. The van der Waals surface area contributed by atoms with Gasteiger partial charge in [0.1, 0.15) is 6.04 Å². The summed E-state index contributed by atoms with van der Waals surface area (Å²) in [6.45, 7) is 0.415. The van der Waals surface area contributed by atoms with Crippen LogP contribution in [0.1, 0.15) is 12.8 Å². The van der Waals surface area contributed by atoms with Crippen LogP contribution in [-0.4, -0.2) is 39.4 Å². The van der Waals surface area contributed by atoms with Gasteiger partial charge in [0, 0.05) is 6.54 Å². The average Bonchev–Trinajstić information content (AvgIpc) is 2.62. The van der Waals surface area contributed by atoms with Gasteiger partial charge in [0.2, 0.25) is 5.96 Å². The molecule has 0 aliphatic carbocycles. The number of nitrogens with one attached hydrogen (secondary N) is 2. The van der Waals surface area contributed by atoms with E-state index in [0.717, 1.165) is 0 Å². The first-order chi connectivity index (χ1) is 7.02. The summed E-state index contributed by atoms with van der Waals surface area (Å²) in [6, 6.07) is -0.769. The number of likely N-dealkylation sites (tertiary alicyclic amines) is 1. The molecule has 0 amide bonds. The molecule has 0 aromatic rings. The second kappa shape index (κ2) is 5.11. The van der Waals surface area contributed by atoms with Crippen molar-refractivity contribution in [3.8, 4) is 0 Å². The van der Waals surface area contributed by atoms with Crippen molar-refractivity contribution < 1.29 is 24.0 Å². The molecule has 1 rings (SSSR count). The van der Waals surface area contributed by atoms with E-state index < -0.39 is 20.3 Å². The maximum Gasteiger partial charge on any atom is 0.337 e. The molecule has 2 unspecified atom stereocenters. The molecule has 1 aliphatic rings. The van der Waals surface area contributed by atoms with E-state index in [1.807, 2.05) is 5.48 Å². The van der Waals surface area contributed by atoms with E-state index in [1.54, 1.807) is 0 Å². The highest BCUT2D eigenvalue weighted by molar-refractivity contribution is 7.32. The number of rotatable bonds is 3. The van der Waals surface area contributed by atoms with E-state index in [2.05, 4.69) is 4.62 Å². The summed E-state index contributed by atoms with van der Waals surface area (Å²) in [6.07, 6.45) is 1.11. The molecule has 1 fully saturated rings. The second-order valence-corrected chi connectivity index (χ2v) is 3.74. The third-order valence-corrected chi connectivity index (χ3v) is 2.34. The van der Waals surface area contributed by atoms with Gasteiger partial charge in [-0.15, -0.1) is 0 Å². The summed E-state index contributed by atoms with van der Waals surface area (Å²) in [7, 11) is -3.17. The van der Waals surface area contributed by atoms with Crippen molar-refractivity contribution in [2.75, 3.05) is 6.54 Å². The lowest BCUT2D eigenvalue weighted by Crippen LogP contribution is -2.45. The van der Waals surface area contributed by atoms with E-state index in [1.165, 1.54) is 4.90 Å². The number of hydroxylamine groups is 1. The second-order valence-electron chi connectivity index (χ2n) is 3.01. The van der Waals surface area contributed by atoms with E-state index in [0.29, 0.717) is 19.4 Å². The molecular weight excluding hydrogens is 225 g/mol. The number of carboxylic acids is 1. The third kappa shape index (κ3) is 3.19. The van der Waals surface area contributed by atoms with Crippen LogP contribution >= 0.6 is 8.25 Å². The molecular formula is C6H12N3O5P. The van der Waals surface area contributed by atoms with Gasteiger partial charge in [-0.3, -0.25) is 9.97 Å². The zero-order chi connectivity index (χ0) is 11.4. The first-order valence-electron chi connectivity index (χ1n) is 4.26. The fourth-order valence-electron chi connectivity index (χ4n) is 1.44. The lowest BCUT2D eigenvalue weighted by molar-refractivity contribution is -0.141. The van der Waals surface area contributed by atoms with Crippen LogP contribution in [0.5, 0.6) is 0 Å². The molecule has 9 heteroatoms. The molecule has 0 saturated carbocycles. The average molecular weight is 237 g/mol. The lowest BCUT2D eigenvalue weighted by atomic mass is 10.2. The zero-order valence-corrected chi connectivity index (χ0v) is 8.77. The summed E-state index contributed by atoms with van der Waals surface area (Å²) in [5, 5.41) is 16.2. The van der Waals surface area contributed by atoms with Crippen molar-refractivity contribution in [3.05, 3.63) is 0 Å². The molecule has 2 atom stereocenters. The van der Waals surface area contributed by atoms with Gasteiger partial charge in [-0.1, -0.05) is 0 Å². The van der Waals surface area contributed by atoms with E-state index in [-0.39, 0.29) is 5.96 Å². The molecule has 0 radical (unpaired) electrons. The Balaban J connectivity index is 2.51. The van der Waals surface area contributed by atoms with E-state index in [9.17, 15) is 9.36 Å². The third-order valence-electron chi connectivity index (χ3n) is 2.06. The summed E-state index contributed by atoms with van der Waals surface area (Å²) in [5.74, 6) is -1.33. The molecule has 8 nitrogen and oxygen atoms in total. The van der Waals surface area contributed by atoms with Gasteiger partial charge in [-0.2, -0.15) is 4.62 Å². The molecule has 15 heavy (non-hydrogen) atoms. The first kappa shape index (κ1) is 12.0. The summed E-state index contributed by atoms with van der Waals surface area (Å²) in [5.41, 5.74) is 1.94. The standard InChI is InChI=1S/C6H12N3O5P/c7-6(8-14-15(12)13)9-3-1-2-4(9)5(10)11/h4,15H,1-3H2,(H2,7,8)(H,10,11)(H,12,13). The van der Waals surface area contributed by atoms with Crippen molar-refractivity contribution in [2.45, 2.75) is 18.9 Å². The van der Waals surface area contributed by atoms with Crippen molar-refractivity contribution in [3.63, 3.8) is 0 Å². The van der Waals surface area contributed by atoms with Gasteiger partial charge in [0.05, 0.1) is 0 Å². The van der Waals surface area contributed by atoms with Crippen LogP contribution in [-0.2, 0) is 14.0 Å². The molecule has 1 aliphatic heterocycles.